The van der Waals surface area contributed by atoms with E-state index >= 15 is 0 Å². The van der Waals surface area contributed by atoms with E-state index in [-0.39, 0.29) is 5.69 Å². The number of rotatable bonds is 4. The summed E-state index contributed by atoms with van der Waals surface area (Å²) < 4.78 is 1.99. The van der Waals surface area contributed by atoms with Gasteiger partial charge in [-0.15, -0.1) is 11.8 Å². The number of hydrogen-bond acceptors (Lipinski definition) is 5. The lowest BCUT2D eigenvalue weighted by atomic mass is 10.1. The molecule has 6 nitrogen and oxygen atoms in total. The van der Waals surface area contributed by atoms with Crippen molar-refractivity contribution in [2.45, 2.75) is 5.03 Å². The van der Waals surface area contributed by atoms with E-state index in [1.54, 1.807) is 6.07 Å². The zero-order valence-corrected chi connectivity index (χ0v) is 14.7. The lowest BCUT2D eigenvalue weighted by Gasteiger charge is -2.08. The zero-order valence-electron chi connectivity index (χ0n) is 13.9. The van der Waals surface area contributed by atoms with Crippen molar-refractivity contribution in [3.8, 4) is 22.5 Å². The first-order valence-electron chi connectivity index (χ1n) is 7.89. The molecule has 0 bridgehead atoms. The molecule has 0 aliphatic carbocycles. The van der Waals surface area contributed by atoms with Crippen LogP contribution in [0.25, 0.3) is 28.2 Å². The Bertz CT molecular complexity index is 1110. The maximum absolute atomic E-state index is 11.1. The molecule has 4 rings (SSSR count). The van der Waals surface area contributed by atoms with E-state index in [1.165, 1.54) is 23.9 Å². The lowest BCUT2D eigenvalue weighted by Crippen LogP contribution is -1.97. The molecule has 0 fully saturated rings. The molecule has 2 heterocycles. The third kappa shape index (κ3) is 2.82. The van der Waals surface area contributed by atoms with E-state index in [4.69, 9.17) is 0 Å². The Labute approximate surface area is 153 Å². The van der Waals surface area contributed by atoms with E-state index in [9.17, 15) is 10.1 Å². The lowest BCUT2D eigenvalue weighted by molar-refractivity contribution is -0.384. The van der Waals surface area contributed by atoms with Crippen LogP contribution in [0.15, 0.2) is 72.0 Å². The van der Waals surface area contributed by atoms with Gasteiger partial charge in [-0.25, -0.2) is 9.97 Å². The van der Waals surface area contributed by atoms with Crippen LogP contribution in [-0.2, 0) is 0 Å². The number of nitro benzene ring substituents is 1. The molecule has 26 heavy (non-hydrogen) atoms. The number of benzene rings is 2. The Hall–Kier alpha value is -3.19. The summed E-state index contributed by atoms with van der Waals surface area (Å²) in [6.45, 7) is 0. The molecule has 7 heteroatoms. The smallest absolute Gasteiger partial charge is 0.270 e. The molecule has 0 saturated carbocycles. The minimum atomic E-state index is -0.399. The maximum Gasteiger partial charge on any atom is 0.270 e. The van der Waals surface area contributed by atoms with Crippen molar-refractivity contribution in [2.24, 2.45) is 0 Å². The number of imidazole rings is 1. The van der Waals surface area contributed by atoms with Gasteiger partial charge in [0.25, 0.3) is 5.69 Å². The molecule has 4 aromatic rings. The van der Waals surface area contributed by atoms with Gasteiger partial charge in [0.05, 0.1) is 22.5 Å². The number of thioether (sulfide) groups is 1. The number of non-ortho nitro benzene ring substituents is 1. The van der Waals surface area contributed by atoms with Gasteiger partial charge in [0.2, 0.25) is 0 Å². The van der Waals surface area contributed by atoms with Crippen molar-refractivity contribution < 1.29 is 4.92 Å². The molecule has 0 radical (unpaired) electrons. The predicted octanol–water partition coefficient (Wildman–Crippen LogP) is 4.69. The first kappa shape index (κ1) is 16.3. The molecule has 0 saturated heterocycles. The van der Waals surface area contributed by atoms with Crippen LogP contribution in [0.3, 0.4) is 0 Å². The van der Waals surface area contributed by atoms with Crippen LogP contribution in [0.1, 0.15) is 0 Å². The number of nitro groups is 1. The first-order chi connectivity index (χ1) is 12.7. The summed E-state index contributed by atoms with van der Waals surface area (Å²) in [5.74, 6) is 0. The van der Waals surface area contributed by atoms with Crippen molar-refractivity contribution in [3.63, 3.8) is 0 Å². The molecule has 0 spiro atoms. The summed E-state index contributed by atoms with van der Waals surface area (Å²) in [5, 5.41) is 11.9. The van der Waals surface area contributed by atoms with Gasteiger partial charge in [0, 0.05) is 29.5 Å². The van der Waals surface area contributed by atoms with E-state index in [0.717, 1.165) is 21.9 Å². The summed E-state index contributed by atoms with van der Waals surface area (Å²) in [5.41, 5.74) is 4.17. The van der Waals surface area contributed by atoms with E-state index < -0.39 is 4.92 Å². The Kier molecular flexibility index (Phi) is 4.14. The average molecular weight is 362 g/mol. The number of fused-ring (bicyclic) bond motifs is 1. The number of nitrogens with zero attached hydrogens (tertiary/aromatic N) is 4. The molecule has 0 aliphatic heterocycles. The molecule has 0 aliphatic rings. The summed E-state index contributed by atoms with van der Waals surface area (Å²) in [7, 11) is 0. The minimum absolute atomic E-state index is 0.0454. The SMILES string of the molecule is CSc1nc(-c2cccc([N+](=O)[O-])c2)cn2c(-c3ccccc3)cnc12. The molecule has 0 atom stereocenters. The second kappa shape index (κ2) is 6.61. The Morgan fingerprint density at radius 2 is 1.85 bits per heavy atom. The Morgan fingerprint density at radius 1 is 1.08 bits per heavy atom. The van der Waals surface area contributed by atoms with Gasteiger partial charge < -0.3 is 0 Å². The van der Waals surface area contributed by atoms with Crippen LogP contribution in [-0.4, -0.2) is 25.5 Å². The van der Waals surface area contributed by atoms with Crippen LogP contribution in [0.2, 0.25) is 0 Å². The normalized spacial score (nSPS) is 11.0. The van der Waals surface area contributed by atoms with Crippen LogP contribution in [0.5, 0.6) is 0 Å². The predicted molar refractivity (Wildman–Crippen MR) is 102 cm³/mol. The van der Waals surface area contributed by atoms with Crippen molar-refractivity contribution in [3.05, 3.63) is 77.1 Å². The largest absolute Gasteiger partial charge is 0.295 e. The van der Waals surface area contributed by atoms with Gasteiger partial charge >= 0.3 is 0 Å². The quantitative estimate of drug-likeness (QED) is 0.299. The second-order valence-corrected chi connectivity index (χ2v) is 6.44. The van der Waals surface area contributed by atoms with Gasteiger partial charge in [0.15, 0.2) is 5.65 Å². The van der Waals surface area contributed by atoms with Crippen molar-refractivity contribution >= 4 is 23.1 Å². The molecule has 2 aromatic heterocycles. The highest BCUT2D eigenvalue weighted by Gasteiger charge is 2.14. The molecule has 0 N–H and O–H groups in total. The summed E-state index contributed by atoms with van der Waals surface area (Å²) in [6.07, 6.45) is 5.64. The highest BCUT2D eigenvalue weighted by Crippen LogP contribution is 2.30. The fraction of sp³-hybridized carbons (Fsp3) is 0.0526. The second-order valence-electron chi connectivity index (χ2n) is 5.65. The van der Waals surface area contributed by atoms with E-state index in [0.29, 0.717) is 11.3 Å². The molecular weight excluding hydrogens is 348 g/mol. The van der Waals surface area contributed by atoms with E-state index in [1.807, 2.05) is 59.4 Å². The van der Waals surface area contributed by atoms with Crippen LogP contribution in [0.4, 0.5) is 5.69 Å². The Balaban J connectivity index is 1.94. The highest BCUT2D eigenvalue weighted by molar-refractivity contribution is 7.98. The third-order valence-corrected chi connectivity index (χ3v) is 4.74. The number of hydrogen-bond donors (Lipinski definition) is 0. The fourth-order valence-electron chi connectivity index (χ4n) is 2.84. The van der Waals surface area contributed by atoms with Crippen LogP contribution in [0, 0.1) is 10.1 Å². The van der Waals surface area contributed by atoms with Crippen molar-refractivity contribution in [1.82, 2.24) is 14.4 Å². The standard InChI is InChI=1S/C19H14N4O2S/c1-26-19-18-20-11-17(13-6-3-2-4-7-13)22(18)12-16(21-19)14-8-5-9-15(10-14)23(24)25/h2-12H,1H3. The fourth-order valence-corrected chi connectivity index (χ4v) is 3.36. The summed E-state index contributed by atoms with van der Waals surface area (Å²) in [4.78, 5) is 19.9. The first-order valence-corrected chi connectivity index (χ1v) is 9.12. The van der Waals surface area contributed by atoms with Crippen molar-refractivity contribution in [2.75, 3.05) is 6.26 Å². The van der Waals surface area contributed by atoms with Gasteiger partial charge in [0.1, 0.15) is 5.03 Å². The van der Waals surface area contributed by atoms with Crippen molar-refractivity contribution in [1.29, 1.82) is 0 Å². The maximum atomic E-state index is 11.1. The van der Waals surface area contributed by atoms with Gasteiger partial charge in [-0.05, 0) is 6.26 Å². The third-order valence-electron chi connectivity index (χ3n) is 4.08. The molecule has 0 unspecified atom stereocenters. The average Bonchev–Trinajstić information content (AvgIpc) is 3.12. The summed E-state index contributed by atoms with van der Waals surface area (Å²) >= 11 is 1.50. The zero-order chi connectivity index (χ0) is 18.1. The highest BCUT2D eigenvalue weighted by atomic mass is 32.2. The monoisotopic (exact) mass is 362 g/mol. The molecule has 2 aromatic carbocycles. The molecule has 0 amide bonds. The van der Waals surface area contributed by atoms with E-state index in [2.05, 4.69) is 9.97 Å². The number of aromatic nitrogens is 3. The Morgan fingerprint density at radius 3 is 2.58 bits per heavy atom. The van der Waals surface area contributed by atoms with Gasteiger partial charge in [-0.2, -0.15) is 0 Å². The minimum Gasteiger partial charge on any atom is -0.295 e. The van der Waals surface area contributed by atoms with Crippen LogP contribution >= 0.6 is 11.8 Å². The topological polar surface area (TPSA) is 73.3 Å². The van der Waals surface area contributed by atoms with Gasteiger partial charge in [-0.3, -0.25) is 14.5 Å². The summed E-state index contributed by atoms with van der Waals surface area (Å²) in [6, 6.07) is 16.5. The molecular formula is C19H14N4O2S. The van der Waals surface area contributed by atoms with Crippen LogP contribution < -0.4 is 0 Å². The molecule has 128 valence electrons. The van der Waals surface area contributed by atoms with Gasteiger partial charge in [-0.1, -0.05) is 42.5 Å².